The van der Waals surface area contributed by atoms with Gasteiger partial charge >= 0.3 is 0 Å². The molecular formula is C28H39IN2O7. The number of hydrogen-bond acceptors (Lipinski definition) is 7. The van der Waals surface area contributed by atoms with Crippen molar-refractivity contribution < 1.29 is 34.4 Å². The number of carbonyl (C=O) groups is 2. The number of amides is 2. The van der Waals surface area contributed by atoms with Crippen molar-refractivity contribution in [1.82, 2.24) is 10.2 Å². The van der Waals surface area contributed by atoms with Gasteiger partial charge in [0.25, 0.3) is 0 Å². The summed E-state index contributed by atoms with van der Waals surface area (Å²) in [7, 11) is 1.51. The Morgan fingerprint density at radius 3 is 2.42 bits per heavy atom. The van der Waals surface area contributed by atoms with Crippen LogP contribution in [-0.4, -0.2) is 76.6 Å². The van der Waals surface area contributed by atoms with E-state index in [0.717, 1.165) is 51.4 Å². The van der Waals surface area contributed by atoms with Crippen LogP contribution in [0, 0.1) is 9.49 Å². The van der Waals surface area contributed by atoms with E-state index in [1.54, 1.807) is 18.2 Å². The van der Waals surface area contributed by atoms with Gasteiger partial charge in [0, 0.05) is 30.5 Å². The van der Waals surface area contributed by atoms with Crippen molar-refractivity contribution in [3.63, 3.8) is 0 Å². The molecule has 0 heterocycles. The van der Waals surface area contributed by atoms with Crippen LogP contribution in [0.3, 0.4) is 0 Å². The zero-order valence-corrected chi connectivity index (χ0v) is 24.1. The van der Waals surface area contributed by atoms with Gasteiger partial charge in [-0.2, -0.15) is 0 Å². The second-order valence-electron chi connectivity index (χ2n) is 10.4. The Morgan fingerprint density at radius 1 is 1.11 bits per heavy atom. The van der Waals surface area contributed by atoms with Gasteiger partial charge in [0.15, 0.2) is 11.5 Å². The minimum Gasteiger partial charge on any atom is -0.493 e. The van der Waals surface area contributed by atoms with Gasteiger partial charge in [-0.05, 0) is 72.0 Å². The summed E-state index contributed by atoms with van der Waals surface area (Å²) >= 11 is 2.09. The van der Waals surface area contributed by atoms with Gasteiger partial charge in [-0.3, -0.25) is 9.59 Å². The van der Waals surface area contributed by atoms with Crippen LogP contribution < -0.4 is 14.8 Å². The molecule has 4 N–H and O–H groups in total. The molecule has 2 amide bonds. The molecule has 0 radical (unpaired) electrons. The Balaban J connectivity index is 1.70. The predicted octanol–water partition coefficient (Wildman–Crippen LogP) is 2.67. The minimum absolute atomic E-state index is 0.0294. The summed E-state index contributed by atoms with van der Waals surface area (Å²) in [4.78, 5) is 28.9. The summed E-state index contributed by atoms with van der Waals surface area (Å²) in [5.74, 6) is 0.488. The quantitative estimate of drug-likeness (QED) is 0.289. The number of carbonyl (C=O) groups excluding carboxylic acids is 2. The topological polar surface area (TPSA) is 129 Å². The Kier molecular flexibility index (Phi) is 10.3. The molecular weight excluding hydrogens is 603 g/mol. The maximum atomic E-state index is 13.9. The molecule has 3 aliphatic carbocycles. The molecule has 1 aromatic carbocycles. The first-order valence-corrected chi connectivity index (χ1v) is 14.7. The first-order chi connectivity index (χ1) is 18.4. The Hall–Kier alpha value is -1.89. The first-order valence-electron chi connectivity index (χ1n) is 13.6. The van der Waals surface area contributed by atoms with E-state index < -0.39 is 18.2 Å². The van der Waals surface area contributed by atoms with Crippen LogP contribution in [0.5, 0.6) is 11.5 Å². The van der Waals surface area contributed by atoms with Crippen molar-refractivity contribution in [2.24, 2.45) is 5.92 Å². The summed E-state index contributed by atoms with van der Waals surface area (Å²) in [5.41, 5.74) is 1.08. The van der Waals surface area contributed by atoms with Crippen LogP contribution in [0.1, 0.15) is 63.4 Å². The van der Waals surface area contributed by atoms with Crippen LogP contribution in [-0.2, 0) is 16.2 Å². The van der Waals surface area contributed by atoms with Crippen molar-refractivity contribution in [3.05, 3.63) is 32.9 Å². The number of ether oxygens (including phenoxy) is 2. The number of halogens is 1. The molecule has 9 nitrogen and oxygen atoms in total. The smallest absolute Gasteiger partial charge is 0.247 e. The van der Waals surface area contributed by atoms with Gasteiger partial charge in [-0.15, -0.1) is 0 Å². The number of rotatable bonds is 10. The first kappa shape index (κ1) is 29.1. The SMILES string of the molecule is COc1cc(CO)cc(I)c1OC1C=C(C(=O)NCCO)CC(N(C(=O)C2CCCC2)C2CCCC2)C1O. The van der Waals surface area contributed by atoms with Crippen LogP contribution >= 0.6 is 22.6 Å². The average Bonchev–Trinajstić information content (AvgIpc) is 3.65. The van der Waals surface area contributed by atoms with Gasteiger partial charge in [-0.1, -0.05) is 25.7 Å². The fraction of sp³-hybridized carbons (Fsp3) is 0.643. The molecule has 0 spiro atoms. The van der Waals surface area contributed by atoms with Crippen molar-refractivity contribution in [2.45, 2.75) is 88.7 Å². The lowest BCUT2D eigenvalue weighted by atomic mass is 9.86. The Morgan fingerprint density at radius 2 is 1.79 bits per heavy atom. The van der Waals surface area contributed by atoms with Gasteiger partial charge < -0.3 is 35.0 Å². The van der Waals surface area contributed by atoms with Crippen LogP contribution in [0.2, 0.25) is 0 Å². The summed E-state index contributed by atoms with van der Waals surface area (Å²) in [6.07, 6.45) is 7.49. The number of aliphatic hydroxyl groups excluding tert-OH is 3. The van der Waals surface area contributed by atoms with E-state index in [2.05, 4.69) is 27.9 Å². The summed E-state index contributed by atoms with van der Waals surface area (Å²) in [6.45, 7) is -0.238. The molecule has 3 atom stereocenters. The third kappa shape index (κ3) is 6.46. The molecule has 10 heteroatoms. The van der Waals surface area contributed by atoms with Crippen molar-refractivity contribution in [1.29, 1.82) is 0 Å². The molecule has 3 aliphatic rings. The van der Waals surface area contributed by atoms with E-state index in [0.29, 0.717) is 26.2 Å². The lowest BCUT2D eigenvalue weighted by Gasteiger charge is -2.44. The second-order valence-corrected chi connectivity index (χ2v) is 11.6. The van der Waals surface area contributed by atoms with Gasteiger partial charge in [0.05, 0.1) is 29.9 Å². The van der Waals surface area contributed by atoms with Crippen LogP contribution in [0.15, 0.2) is 23.8 Å². The van der Waals surface area contributed by atoms with E-state index in [1.165, 1.54) is 7.11 Å². The van der Waals surface area contributed by atoms with Crippen LogP contribution in [0.4, 0.5) is 0 Å². The standard InChI is InChI=1S/C28H39IN2O7/c1-37-24-13-17(16-33)12-21(29)26(24)38-23-15-19(27(35)30-10-11-32)14-22(25(23)34)31(20-8-4-5-9-20)28(36)18-6-2-3-7-18/h12-13,15,18,20,22-23,25,32-34H,2-11,14,16H2,1H3,(H,30,35). The average molecular weight is 643 g/mol. The highest BCUT2D eigenvalue weighted by atomic mass is 127. The molecule has 210 valence electrons. The Bertz CT molecular complexity index is 1020. The molecule has 0 saturated heterocycles. The third-order valence-electron chi connectivity index (χ3n) is 7.97. The number of nitrogens with one attached hydrogen (secondary N) is 1. The zero-order valence-electron chi connectivity index (χ0n) is 21.9. The van der Waals surface area contributed by atoms with Gasteiger partial charge in [0.2, 0.25) is 11.8 Å². The second kappa shape index (κ2) is 13.5. The summed E-state index contributed by atoms with van der Waals surface area (Å²) in [5, 5.41) is 33.3. The molecule has 0 bridgehead atoms. The van der Waals surface area contributed by atoms with E-state index in [-0.39, 0.29) is 50.0 Å². The normalized spacial score (nSPS) is 24.2. The molecule has 2 saturated carbocycles. The predicted molar refractivity (Wildman–Crippen MR) is 150 cm³/mol. The van der Waals surface area contributed by atoms with Crippen molar-refractivity contribution in [3.8, 4) is 11.5 Å². The fourth-order valence-electron chi connectivity index (χ4n) is 6.04. The van der Waals surface area contributed by atoms with Crippen molar-refractivity contribution in [2.75, 3.05) is 20.3 Å². The number of methoxy groups -OCH3 is 1. The van der Waals surface area contributed by atoms with Crippen molar-refractivity contribution >= 4 is 34.4 Å². The maximum Gasteiger partial charge on any atom is 0.247 e. The molecule has 0 aliphatic heterocycles. The summed E-state index contributed by atoms with van der Waals surface area (Å²) < 4.78 is 12.6. The van der Waals surface area contributed by atoms with Gasteiger partial charge in [-0.25, -0.2) is 0 Å². The minimum atomic E-state index is -1.06. The highest BCUT2D eigenvalue weighted by Gasteiger charge is 2.45. The monoisotopic (exact) mass is 642 g/mol. The number of hydrogen-bond donors (Lipinski definition) is 4. The number of aliphatic hydroxyl groups is 3. The van der Waals surface area contributed by atoms with E-state index in [1.807, 2.05) is 4.90 Å². The van der Waals surface area contributed by atoms with E-state index >= 15 is 0 Å². The lowest BCUT2D eigenvalue weighted by molar-refractivity contribution is -0.146. The summed E-state index contributed by atoms with van der Waals surface area (Å²) in [6, 6.07) is 2.87. The molecule has 0 aromatic heterocycles. The molecule has 2 fully saturated rings. The largest absolute Gasteiger partial charge is 0.493 e. The Labute approximate surface area is 237 Å². The number of benzene rings is 1. The molecule has 3 unspecified atom stereocenters. The zero-order chi connectivity index (χ0) is 27.2. The molecule has 4 rings (SSSR count). The maximum absolute atomic E-state index is 13.9. The molecule has 1 aromatic rings. The highest BCUT2D eigenvalue weighted by Crippen LogP contribution is 2.39. The van der Waals surface area contributed by atoms with Crippen LogP contribution in [0.25, 0.3) is 0 Å². The fourth-order valence-corrected chi connectivity index (χ4v) is 6.84. The highest BCUT2D eigenvalue weighted by molar-refractivity contribution is 14.1. The van der Waals surface area contributed by atoms with E-state index in [9.17, 15) is 24.9 Å². The van der Waals surface area contributed by atoms with Gasteiger partial charge in [0.1, 0.15) is 12.2 Å². The number of nitrogens with zero attached hydrogens (tertiary/aromatic N) is 1. The lowest BCUT2D eigenvalue weighted by Crippen LogP contribution is -2.58. The molecule has 38 heavy (non-hydrogen) atoms. The van der Waals surface area contributed by atoms with E-state index in [4.69, 9.17) is 9.47 Å². The third-order valence-corrected chi connectivity index (χ3v) is 8.78.